The fraction of sp³-hybridized carbons (Fsp3) is 0.375. The van der Waals surface area contributed by atoms with Gasteiger partial charge in [0.2, 0.25) is 15.9 Å². The molecule has 0 N–H and O–H groups in total. The van der Waals surface area contributed by atoms with E-state index in [0.29, 0.717) is 18.7 Å². The van der Waals surface area contributed by atoms with Crippen LogP contribution < -0.4 is 0 Å². The summed E-state index contributed by atoms with van der Waals surface area (Å²) in [6.45, 7) is 8.47. The van der Waals surface area contributed by atoms with Gasteiger partial charge < -0.3 is 4.42 Å². The highest BCUT2D eigenvalue weighted by molar-refractivity contribution is 7.99. The monoisotopic (exact) mass is 487 g/mol. The van der Waals surface area contributed by atoms with Crippen molar-refractivity contribution in [3.05, 3.63) is 59.2 Å². The Morgan fingerprint density at radius 1 is 1.00 bits per heavy atom. The van der Waals surface area contributed by atoms with Gasteiger partial charge in [0, 0.05) is 24.2 Å². The third kappa shape index (κ3) is 5.72. The van der Waals surface area contributed by atoms with Crippen molar-refractivity contribution in [1.82, 2.24) is 14.5 Å². The van der Waals surface area contributed by atoms with E-state index in [0.717, 1.165) is 29.5 Å². The van der Waals surface area contributed by atoms with Crippen molar-refractivity contribution >= 4 is 27.6 Å². The molecule has 7 nitrogen and oxygen atoms in total. The molecule has 176 valence electrons. The number of carbonyl (C=O) groups excluding carboxylic acids is 1. The van der Waals surface area contributed by atoms with E-state index in [9.17, 15) is 13.2 Å². The van der Waals surface area contributed by atoms with Crippen LogP contribution in [0, 0.1) is 0 Å². The number of thioether (sulfide) groups is 1. The van der Waals surface area contributed by atoms with Crippen LogP contribution in [0.5, 0.6) is 0 Å². The van der Waals surface area contributed by atoms with Gasteiger partial charge in [-0.3, -0.25) is 4.79 Å². The number of aromatic nitrogens is 2. The summed E-state index contributed by atoms with van der Waals surface area (Å²) in [6.07, 6.45) is 1.65. The quantitative estimate of drug-likeness (QED) is 0.281. The van der Waals surface area contributed by atoms with Crippen LogP contribution in [0.15, 0.2) is 57.0 Å². The molecule has 9 heteroatoms. The molecule has 0 bridgehead atoms. The number of sulfonamides is 1. The molecular weight excluding hydrogens is 458 g/mol. The van der Waals surface area contributed by atoms with Crippen LogP contribution in [-0.4, -0.2) is 47.5 Å². The molecule has 0 spiro atoms. The first-order valence-electron chi connectivity index (χ1n) is 11.1. The molecule has 1 aromatic heterocycles. The van der Waals surface area contributed by atoms with Gasteiger partial charge in [0.15, 0.2) is 5.78 Å². The topological polar surface area (TPSA) is 93.4 Å². The zero-order valence-corrected chi connectivity index (χ0v) is 21.0. The molecule has 0 unspecified atom stereocenters. The molecule has 0 fully saturated rings. The lowest BCUT2D eigenvalue weighted by atomic mass is 9.98. The van der Waals surface area contributed by atoms with Gasteiger partial charge in [-0.1, -0.05) is 57.7 Å². The highest BCUT2D eigenvalue weighted by Gasteiger charge is 2.23. The Morgan fingerprint density at radius 3 is 2.42 bits per heavy atom. The first-order valence-corrected chi connectivity index (χ1v) is 13.5. The minimum absolute atomic E-state index is 0.0132. The Kier molecular flexibility index (Phi) is 8.45. The van der Waals surface area contributed by atoms with Crippen LogP contribution in [0.1, 0.15) is 49.2 Å². The number of carbonyl (C=O) groups is 1. The van der Waals surface area contributed by atoms with Gasteiger partial charge in [0.1, 0.15) is 0 Å². The van der Waals surface area contributed by atoms with Gasteiger partial charge in [-0.15, -0.1) is 10.2 Å². The SMILES string of the molecule is CCc1ccc(CC)c(C(=O)CSc2nnc(-c3cccc(S(=O)(=O)N(CC)CC)c3)o2)c1. The lowest BCUT2D eigenvalue weighted by Gasteiger charge is -2.18. The van der Waals surface area contributed by atoms with E-state index in [4.69, 9.17) is 4.42 Å². The zero-order chi connectivity index (χ0) is 24.0. The van der Waals surface area contributed by atoms with Crippen LogP contribution in [0.2, 0.25) is 0 Å². The highest BCUT2D eigenvalue weighted by Crippen LogP contribution is 2.27. The molecule has 2 aromatic carbocycles. The predicted molar refractivity (Wildman–Crippen MR) is 130 cm³/mol. The van der Waals surface area contributed by atoms with Gasteiger partial charge in [0.05, 0.1) is 10.6 Å². The number of Topliss-reactive ketones (excluding diaryl/α,β-unsaturated/α-hetero) is 1. The smallest absolute Gasteiger partial charge is 0.277 e. The molecular formula is C24H29N3O4S2. The fourth-order valence-corrected chi connectivity index (χ4v) is 5.65. The average Bonchev–Trinajstić information content (AvgIpc) is 3.32. The third-order valence-corrected chi connectivity index (χ3v) is 8.29. The second-order valence-electron chi connectivity index (χ2n) is 7.40. The Labute approximate surface area is 199 Å². The van der Waals surface area contributed by atoms with Crippen LogP contribution in [-0.2, 0) is 22.9 Å². The van der Waals surface area contributed by atoms with Crippen molar-refractivity contribution in [3.8, 4) is 11.5 Å². The minimum Gasteiger partial charge on any atom is -0.411 e. The molecule has 0 radical (unpaired) electrons. The van der Waals surface area contributed by atoms with Crippen molar-refractivity contribution in [2.24, 2.45) is 0 Å². The lowest BCUT2D eigenvalue weighted by Crippen LogP contribution is -2.30. The van der Waals surface area contributed by atoms with E-state index in [-0.39, 0.29) is 27.5 Å². The molecule has 33 heavy (non-hydrogen) atoms. The molecule has 1 heterocycles. The van der Waals surface area contributed by atoms with Gasteiger partial charge in [-0.05, 0) is 48.2 Å². The number of hydrogen-bond donors (Lipinski definition) is 0. The van der Waals surface area contributed by atoms with Crippen LogP contribution >= 0.6 is 11.8 Å². The molecule has 0 saturated carbocycles. The Bertz CT molecular complexity index is 1220. The fourth-order valence-electron chi connectivity index (χ4n) is 3.50. The summed E-state index contributed by atoms with van der Waals surface area (Å²) in [5.74, 6) is 0.404. The van der Waals surface area contributed by atoms with Crippen molar-refractivity contribution in [3.63, 3.8) is 0 Å². The number of aryl methyl sites for hydroxylation is 2. The van der Waals surface area contributed by atoms with Crippen molar-refractivity contribution in [2.45, 2.75) is 50.7 Å². The average molecular weight is 488 g/mol. The molecule has 0 amide bonds. The summed E-state index contributed by atoms with van der Waals surface area (Å²) in [7, 11) is -3.60. The van der Waals surface area contributed by atoms with E-state index in [2.05, 4.69) is 23.2 Å². The maximum absolute atomic E-state index is 12.8. The molecule has 3 aromatic rings. The Hall–Kier alpha value is -2.49. The summed E-state index contributed by atoms with van der Waals surface area (Å²) >= 11 is 1.18. The number of ketones is 1. The van der Waals surface area contributed by atoms with E-state index >= 15 is 0 Å². The number of benzene rings is 2. The van der Waals surface area contributed by atoms with Crippen molar-refractivity contribution < 1.29 is 17.6 Å². The normalized spacial score (nSPS) is 11.8. The summed E-state index contributed by atoms with van der Waals surface area (Å²) in [5.41, 5.74) is 3.40. The minimum atomic E-state index is -3.60. The molecule has 0 atom stereocenters. The second-order valence-corrected chi connectivity index (χ2v) is 10.3. The summed E-state index contributed by atoms with van der Waals surface area (Å²) in [4.78, 5) is 13.0. The molecule has 0 saturated heterocycles. The first kappa shape index (κ1) is 25.1. The first-order chi connectivity index (χ1) is 15.8. The number of rotatable bonds is 11. The van der Waals surface area contributed by atoms with Gasteiger partial charge in [0.25, 0.3) is 5.22 Å². The Balaban J connectivity index is 1.76. The second kappa shape index (κ2) is 11.1. The standard InChI is InChI=1S/C24H29N3O4S2/c1-5-17-12-13-18(6-2)21(14-17)22(28)16-32-24-26-25-23(31-24)19-10-9-11-20(15-19)33(29,30)27(7-3)8-4/h9-15H,5-8,16H2,1-4H3. The van der Waals surface area contributed by atoms with Crippen molar-refractivity contribution in [1.29, 1.82) is 0 Å². The van der Waals surface area contributed by atoms with Gasteiger partial charge in [-0.25, -0.2) is 8.42 Å². The number of hydrogen-bond acceptors (Lipinski definition) is 7. The van der Waals surface area contributed by atoms with Gasteiger partial charge >= 0.3 is 0 Å². The van der Waals surface area contributed by atoms with Crippen LogP contribution in [0.3, 0.4) is 0 Å². The maximum Gasteiger partial charge on any atom is 0.277 e. The predicted octanol–water partition coefficient (Wildman–Crippen LogP) is 4.87. The lowest BCUT2D eigenvalue weighted by molar-refractivity contribution is 0.102. The Morgan fingerprint density at radius 2 is 1.76 bits per heavy atom. The van der Waals surface area contributed by atoms with Crippen molar-refractivity contribution in [2.75, 3.05) is 18.8 Å². The van der Waals surface area contributed by atoms with E-state index in [1.165, 1.54) is 22.1 Å². The largest absolute Gasteiger partial charge is 0.411 e. The summed E-state index contributed by atoms with van der Waals surface area (Å²) in [5, 5.41) is 8.34. The molecule has 0 aliphatic rings. The maximum atomic E-state index is 12.8. The molecule has 3 rings (SSSR count). The molecule has 0 aliphatic heterocycles. The highest BCUT2D eigenvalue weighted by atomic mass is 32.2. The summed E-state index contributed by atoms with van der Waals surface area (Å²) < 4.78 is 32.7. The van der Waals surface area contributed by atoms with E-state index in [1.807, 2.05) is 19.1 Å². The number of nitrogens with zero attached hydrogens (tertiary/aromatic N) is 3. The van der Waals surface area contributed by atoms with E-state index < -0.39 is 10.0 Å². The summed E-state index contributed by atoms with van der Waals surface area (Å²) in [6, 6.07) is 12.5. The van der Waals surface area contributed by atoms with Crippen LogP contribution in [0.25, 0.3) is 11.5 Å². The van der Waals surface area contributed by atoms with E-state index in [1.54, 1.807) is 32.0 Å². The zero-order valence-electron chi connectivity index (χ0n) is 19.4. The van der Waals surface area contributed by atoms with Crippen LogP contribution in [0.4, 0.5) is 0 Å². The van der Waals surface area contributed by atoms with Gasteiger partial charge in [-0.2, -0.15) is 4.31 Å². The third-order valence-electron chi connectivity index (χ3n) is 5.42. The molecule has 0 aliphatic carbocycles.